The van der Waals surface area contributed by atoms with Crippen molar-refractivity contribution in [3.63, 3.8) is 0 Å². The van der Waals surface area contributed by atoms with Gasteiger partial charge in [-0.2, -0.15) is 0 Å². The van der Waals surface area contributed by atoms with E-state index in [1.165, 1.54) is 0 Å². The van der Waals surface area contributed by atoms with E-state index in [1.54, 1.807) is 36.1 Å². The molecule has 0 bridgehead atoms. The Morgan fingerprint density at radius 3 is 2.53 bits per heavy atom. The van der Waals surface area contributed by atoms with Gasteiger partial charge in [0.25, 0.3) is 5.91 Å². The summed E-state index contributed by atoms with van der Waals surface area (Å²) in [6.45, 7) is 3.85. The first-order valence-electron chi connectivity index (χ1n) is 10.5. The number of nitrogens with zero attached hydrogens (tertiary/aromatic N) is 3. The third-order valence-corrected chi connectivity index (χ3v) is 5.34. The minimum atomic E-state index is -0.343. The first kappa shape index (κ1) is 21.4. The van der Waals surface area contributed by atoms with Crippen LogP contribution in [0.15, 0.2) is 59.1 Å². The van der Waals surface area contributed by atoms with Crippen LogP contribution in [0, 0.1) is 0 Å². The molecule has 3 aromatic rings. The molecule has 0 unspecified atom stereocenters. The summed E-state index contributed by atoms with van der Waals surface area (Å²) in [6, 6.07) is 14.8. The molecule has 1 aromatic heterocycles. The Kier molecular flexibility index (Phi) is 6.39. The minimum absolute atomic E-state index is 0.120. The Balaban J connectivity index is 1.53. The van der Waals surface area contributed by atoms with E-state index < -0.39 is 0 Å². The van der Waals surface area contributed by atoms with Crippen LogP contribution in [0.3, 0.4) is 0 Å². The van der Waals surface area contributed by atoms with E-state index in [1.807, 2.05) is 42.5 Å². The second-order valence-corrected chi connectivity index (χ2v) is 7.29. The molecule has 1 aliphatic rings. The predicted molar refractivity (Wildman–Crippen MR) is 118 cm³/mol. The second-order valence-electron chi connectivity index (χ2n) is 7.29. The molecule has 4 rings (SSSR count). The van der Waals surface area contributed by atoms with Crippen LogP contribution in [0.5, 0.6) is 5.75 Å². The number of hydrogen-bond acceptors (Lipinski definition) is 6. The zero-order chi connectivity index (χ0) is 22.5. The number of carbonyl (C=O) groups is 2. The number of piperazine rings is 1. The zero-order valence-electron chi connectivity index (χ0n) is 18.1. The highest BCUT2D eigenvalue weighted by molar-refractivity contribution is 6.00. The van der Waals surface area contributed by atoms with Gasteiger partial charge in [-0.3, -0.25) is 4.79 Å². The van der Waals surface area contributed by atoms with Crippen LogP contribution in [0.4, 0.5) is 4.79 Å². The molecule has 32 heavy (non-hydrogen) atoms. The van der Waals surface area contributed by atoms with E-state index in [4.69, 9.17) is 13.9 Å². The van der Waals surface area contributed by atoms with Crippen molar-refractivity contribution >= 4 is 12.0 Å². The van der Waals surface area contributed by atoms with Crippen molar-refractivity contribution in [3.8, 4) is 28.5 Å². The first-order valence-corrected chi connectivity index (χ1v) is 10.5. The lowest BCUT2D eigenvalue weighted by Gasteiger charge is -2.34. The Morgan fingerprint density at radius 2 is 1.78 bits per heavy atom. The van der Waals surface area contributed by atoms with Crippen molar-refractivity contribution in [2.45, 2.75) is 6.92 Å². The summed E-state index contributed by atoms with van der Waals surface area (Å²) in [6.07, 6.45) is 1.30. The maximum atomic E-state index is 13.3. The predicted octanol–water partition coefficient (Wildman–Crippen LogP) is 3.93. The van der Waals surface area contributed by atoms with Crippen LogP contribution in [0.25, 0.3) is 22.8 Å². The Labute approximate surface area is 186 Å². The molecule has 2 amide bonds. The van der Waals surface area contributed by atoms with Gasteiger partial charge >= 0.3 is 6.09 Å². The maximum Gasteiger partial charge on any atom is 0.409 e. The van der Waals surface area contributed by atoms with Crippen LogP contribution in [-0.2, 0) is 4.74 Å². The maximum absolute atomic E-state index is 13.3. The number of hydrogen-bond donors (Lipinski definition) is 0. The van der Waals surface area contributed by atoms with Crippen LogP contribution >= 0.6 is 0 Å². The molecule has 0 aliphatic carbocycles. The molecular weight excluding hydrogens is 410 g/mol. The van der Waals surface area contributed by atoms with Crippen molar-refractivity contribution in [2.75, 3.05) is 39.9 Å². The molecule has 1 aliphatic heterocycles. The lowest BCUT2D eigenvalue weighted by Crippen LogP contribution is -2.50. The summed E-state index contributed by atoms with van der Waals surface area (Å²) >= 11 is 0. The van der Waals surface area contributed by atoms with E-state index in [0.29, 0.717) is 55.6 Å². The molecule has 166 valence electrons. The topological polar surface area (TPSA) is 85.1 Å². The number of amides is 2. The fraction of sp³-hybridized carbons (Fsp3) is 0.292. The first-order chi connectivity index (χ1) is 15.6. The van der Waals surface area contributed by atoms with Crippen molar-refractivity contribution in [3.05, 3.63) is 60.3 Å². The SMILES string of the molecule is CCOC(=O)N1CCN(C(=O)c2ccccc2-c2ncc(-c3cccc(OC)c3)o2)CC1. The molecule has 0 spiro atoms. The van der Waals surface area contributed by atoms with Crippen molar-refractivity contribution in [2.24, 2.45) is 0 Å². The molecule has 0 N–H and O–H groups in total. The number of carbonyl (C=O) groups excluding carboxylic acids is 2. The van der Waals surface area contributed by atoms with E-state index in [2.05, 4.69) is 4.98 Å². The zero-order valence-corrected chi connectivity index (χ0v) is 18.1. The highest BCUT2D eigenvalue weighted by atomic mass is 16.6. The van der Waals surface area contributed by atoms with Crippen molar-refractivity contribution < 1.29 is 23.5 Å². The standard InChI is InChI=1S/C24H25N3O5/c1-3-31-24(29)27-13-11-26(12-14-27)23(28)20-10-5-4-9-19(20)22-25-16-21(32-22)17-7-6-8-18(15-17)30-2/h4-10,15-16H,3,11-14H2,1-2H3. The Bertz CT molecular complexity index is 1100. The van der Waals surface area contributed by atoms with Gasteiger partial charge < -0.3 is 23.7 Å². The molecule has 0 atom stereocenters. The highest BCUT2D eigenvalue weighted by Crippen LogP contribution is 2.30. The molecular formula is C24H25N3O5. The number of methoxy groups -OCH3 is 1. The Hall–Kier alpha value is -3.81. The monoisotopic (exact) mass is 435 g/mol. The highest BCUT2D eigenvalue weighted by Gasteiger charge is 2.27. The van der Waals surface area contributed by atoms with Gasteiger partial charge in [-0.1, -0.05) is 24.3 Å². The second kappa shape index (κ2) is 9.55. The van der Waals surface area contributed by atoms with Crippen LogP contribution in [0.2, 0.25) is 0 Å². The van der Waals surface area contributed by atoms with E-state index >= 15 is 0 Å². The fourth-order valence-electron chi connectivity index (χ4n) is 3.64. The van der Waals surface area contributed by atoms with E-state index in [9.17, 15) is 9.59 Å². The van der Waals surface area contributed by atoms with Gasteiger partial charge in [0.2, 0.25) is 5.89 Å². The Morgan fingerprint density at radius 1 is 1.03 bits per heavy atom. The fourth-order valence-corrected chi connectivity index (χ4v) is 3.64. The molecule has 1 saturated heterocycles. The average Bonchev–Trinajstić information content (AvgIpc) is 3.34. The smallest absolute Gasteiger partial charge is 0.409 e. The van der Waals surface area contributed by atoms with Gasteiger partial charge in [0.15, 0.2) is 5.76 Å². The number of rotatable bonds is 5. The van der Waals surface area contributed by atoms with Crippen molar-refractivity contribution in [1.29, 1.82) is 0 Å². The molecule has 8 heteroatoms. The largest absolute Gasteiger partial charge is 0.497 e. The number of oxazole rings is 1. The summed E-state index contributed by atoms with van der Waals surface area (Å²) in [5.41, 5.74) is 1.97. The van der Waals surface area contributed by atoms with Gasteiger partial charge in [0.05, 0.1) is 25.5 Å². The number of benzene rings is 2. The average molecular weight is 435 g/mol. The van der Waals surface area contributed by atoms with E-state index in [0.717, 1.165) is 11.3 Å². The lowest BCUT2D eigenvalue weighted by atomic mass is 10.1. The van der Waals surface area contributed by atoms with Crippen LogP contribution in [-0.4, -0.2) is 66.7 Å². The van der Waals surface area contributed by atoms with Gasteiger partial charge in [0, 0.05) is 37.3 Å². The molecule has 8 nitrogen and oxygen atoms in total. The third kappa shape index (κ3) is 4.44. The molecule has 2 heterocycles. The summed E-state index contributed by atoms with van der Waals surface area (Å²) in [4.78, 5) is 32.9. The normalized spacial score (nSPS) is 13.7. The minimum Gasteiger partial charge on any atom is -0.497 e. The van der Waals surface area contributed by atoms with E-state index in [-0.39, 0.29) is 12.0 Å². The molecule has 0 radical (unpaired) electrons. The number of ether oxygens (including phenoxy) is 2. The van der Waals surface area contributed by atoms with Crippen LogP contribution in [0.1, 0.15) is 17.3 Å². The number of aromatic nitrogens is 1. The van der Waals surface area contributed by atoms with Gasteiger partial charge in [-0.05, 0) is 31.2 Å². The third-order valence-electron chi connectivity index (χ3n) is 5.34. The van der Waals surface area contributed by atoms with Crippen LogP contribution < -0.4 is 4.74 Å². The summed E-state index contributed by atoms with van der Waals surface area (Å²) in [5.74, 6) is 1.56. The quantitative estimate of drug-likeness (QED) is 0.604. The van der Waals surface area contributed by atoms with Crippen molar-refractivity contribution in [1.82, 2.24) is 14.8 Å². The lowest BCUT2D eigenvalue weighted by molar-refractivity contribution is 0.0571. The summed E-state index contributed by atoms with van der Waals surface area (Å²) in [5, 5.41) is 0. The van der Waals surface area contributed by atoms with Gasteiger partial charge in [-0.15, -0.1) is 0 Å². The summed E-state index contributed by atoms with van der Waals surface area (Å²) in [7, 11) is 1.61. The molecule has 1 fully saturated rings. The molecule has 0 saturated carbocycles. The van der Waals surface area contributed by atoms with Gasteiger partial charge in [-0.25, -0.2) is 9.78 Å². The molecule has 2 aromatic carbocycles. The van der Waals surface area contributed by atoms with Gasteiger partial charge in [0.1, 0.15) is 5.75 Å². The summed E-state index contributed by atoms with van der Waals surface area (Å²) < 4.78 is 16.3.